The van der Waals surface area contributed by atoms with Crippen molar-refractivity contribution in [1.82, 2.24) is 0 Å². The van der Waals surface area contributed by atoms with E-state index in [1.807, 2.05) is 82.3 Å². The Morgan fingerprint density at radius 1 is 0.727 bits per heavy atom. The number of esters is 1. The van der Waals surface area contributed by atoms with Gasteiger partial charge in [0.15, 0.2) is 23.0 Å². The first-order chi connectivity index (χ1) is 16.2. The van der Waals surface area contributed by atoms with Crippen molar-refractivity contribution in [3.63, 3.8) is 0 Å². The Kier molecular flexibility index (Phi) is 7.57. The molecule has 5 rings (SSSR count). The van der Waals surface area contributed by atoms with E-state index in [2.05, 4.69) is 0 Å². The van der Waals surface area contributed by atoms with E-state index in [4.69, 9.17) is 14.2 Å². The highest BCUT2D eigenvalue weighted by molar-refractivity contribution is 6.11. The minimum absolute atomic E-state index is 0.0367. The normalized spacial score (nSPS) is 10.7. The van der Waals surface area contributed by atoms with Crippen LogP contribution in [0.2, 0.25) is 0 Å². The van der Waals surface area contributed by atoms with Crippen LogP contribution in [0.5, 0.6) is 28.7 Å². The maximum absolute atomic E-state index is 12.5. The summed E-state index contributed by atoms with van der Waals surface area (Å²) in [6, 6.07) is 21.8. The van der Waals surface area contributed by atoms with Gasteiger partial charge in [0.05, 0.1) is 12.7 Å². The maximum atomic E-state index is 12.5. The lowest BCUT2D eigenvalue weighted by Crippen LogP contribution is -2.05. The van der Waals surface area contributed by atoms with E-state index in [0.29, 0.717) is 39.3 Å². The second-order valence-corrected chi connectivity index (χ2v) is 6.67. The van der Waals surface area contributed by atoms with Crippen molar-refractivity contribution in [1.29, 1.82) is 0 Å². The Labute approximate surface area is 194 Å². The van der Waals surface area contributed by atoms with Crippen molar-refractivity contribution in [3.05, 3.63) is 78.4 Å². The van der Waals surface area contributed by atoms with E-state index in [1.165, 1.54) is 13.2 Å². The first-order valence-electron chi connectivity index (χ1n) is 11.1. The lowest BCUT2D eigenvalue weighted by molar-refractivity contribution is 0.0601. The highest BCUT2D eigenvalue weighted by atomic mass is 16.6. The number of para-hydroxylation sites is 2. The average Bonchev–Trinajstić information content (AvgIpc) is 2.89. The molecular weight excluding hydrogens is 416 g/mol. The standard InChI is InChI=1S/C24H16O5.2C2H6/c1-27-24(26)17-11-18(25)15-12-21-22(29-20-10-6-5-9-19(20)28-21)13-16(15)23(17)14-7-3-2-4-8-14;2*1-2/h2-13,25H,1H3;2*1-2H3. The summed E-state index contributed by atoms with van der Waals surface area (Å²) in [5, 5.41) is 11.9. The summed E-state index contributed by atoms with van der Waals surface area (Å²) in [6.07, 6.45) is 0. The van der Waals surface area contributed by atoms with Crippen LogP contribution < -0.4 is 9.47 Å². The predicted molar refractivity (Wildman–Crippen MR) is 132 cm³/mol. The van der Waals surface area contributed by atoms with Crippen molar-refractivity contribution < 1.29 is 24.1 Å². The van der Waals surface area contributed by atoms with E-state index in [0.717, 1.165) is 5.56 Å². The molecule has 0 aliphatic carbocycles. The topological polar surface area (TPSA) is 65.0 Å². The van der Waals surface area contributed by atoms with Crippen LogP contribution in [0, 0.1) is 0 Å². The van der Waals surface area contributed by atoms with Gasteiger partial charge >= 0.3 is 5.97 Å². The first kappa shape index (κ1) is 23.7. The average molecular weight is 445 g/mol. The Morgan fingerprint density at radius 3 is 1.79 bits per heavy atom. The maximum Gasteiger partial charge on any atom is 0.338 e. The molecule has 4 aromatic rings. The van der Waals surface area contributed by atoms with Crippen molar-refractivity contribution in [2.45, 2.75) is 27.7 Å². The molecule has 0 spiro atoms. The zero-order chi connectivity index (χ0) is 24.0. The third kappa shape index (κ3) is 4.48. The van der Waals surface area contributed by atoms with Crippen LogP contribution in [0.4, 0.5) is 0 Å². The van der Waals surface area contributed by atoms with E-state index < -0.39 is 5.97 Å². The Balaban J connectivity index is 0.000000728. The van der Waals surface area contributed by atoms with Gasteiger partial charge < -0.3 is 19.3 Å². The Morgan fingerprint density at radius 2 is 1.24 bits per heavy atom. The third-order valence-electron chi connectivity index (χ3n) is 4.94. The SMILES string of the molecule is CC.CC.COC(=O)c1cc(O)c2cc3c(cc2c1-c1ccccc1)Oc1ccccc1O3. The molecule has 0 saturated carbocycles. The fourth-order valence-electron chi connectivity index (χ4n) is 3.61. The number of phenols is 1. The number of rotatable bonds is 2. The molecule has 1 N–H and O–H groups in total. The monoisotopic (exact) mass is 444 g/mol. The van der Waals surface area contributed by atoms with Gasteiger partial charge in [-0.3, -0.25) is 0 Å². The van der Waals surface area contributed by atoms with Gasteiger partial charge in [-0.25, -0.2) is 4.79 Å². The van der Waals surface area contributed by atoms with E-state index in [1.54, 1.807) is 12.1 Å². The largest absolute Gasteiger partial charge is 0.507 e. The number of carbonyl (C=O) groups excluding carboxylic acids is 1. The minimum Gasteiger partial charge on any atom is -0.507 e. The van der Waals surface area contributed by atoms with Crippen LogP contribution in [0.3, 0.4) is 0 Å². The summed E-state index contributed by atoms with van der Waals surface area (Å²) < 4.78 is 16.9. The summed E-state index contributed by atoms with van der Waals surface area (Å²) in [5.41, 5.74) is 1.77. The highest BCUT2D eigenvalue weighted by Gasteiger charge is 2.24. The van der Waals surface area contributed by atoms with E-state index in [9.17, 15) is 9.90 Å². The van der Waals surface area contributed by atoms with Crippen LogP contribution in [-0.4, -0.2) is 18.2 Å². The number of hydrogen-bond acceptors (Lipinski definition) is 5. The minimum atomic E-state index is -0.527. The molecule has 0 amide bonds. The fraction of sp³-hybridized carbons (Fsp3) is 0.179. The van der Waals surface area contributed by atoms with Crippen LogP contribution >= 0.6 is 0 Å². The zero-order valence-corrected chi connectivity index (χ0v) is 19.5. The molecule has 0 fully saturated rings. The van der Waals surface area contributed by atoms with Gasteiger partial charge in [0, 0.05) is 10.9 Å². The molecule has 33 heavy (non-hydrogen) atoms. The number of carbonyl (C=O) groups is 1. The molecular formula is C28H28O5. The van der Waals surface area contributed by atoms with Gasteiger partial charge in [0.25, 0.3) is 0 Å². The Hall–Kier alpha value is -3.99. The molecule has 1 aliphatic heterocycles. The molecule has 0 unspecified atom stereocenters. The molecule has 5 heteroatoms. The van der Waals surface area contributed by atoms with Crippen molar-refractivity contribution in [2.24, 2.45) is 0 Å². The molecule has 0 aromatic heterocycles. The van der Waals surface area contributed by atoms with Crippen LogP contribution in [-0.2, 0) is 4.74 Å². The first-order valence-corrected chi connectivity index (χ1v) is 11.1. The van der Waals surface area contributed by atoms with Crippen molar-refractivity contribution >= 4 is 16.7 Å². The molecule has 0 bridgehead atoms. The summed E-state index contributed by atoms with van der Waals surface area (Å²) >= 11 is 0. The summed E-state index contributed by atoms with van der Waals surface area (Å²) in [6.45, 7) is 8.00. The molecule has 1 aliphatic rings. The summed E-state index contributed by atoms with van der Waals surface area (Å²) in [5.74, 6) is 1.65. The number of benzene rings is 4. The van der Waals surface area contributed by atoms with Gasteiger partial charge in [0.2, 0.25) is 0 Å². The predicted octanol–water partition coefficient (Wildman–Crippen LogP) is 7.95. The van der Waals surface area contributed by atoms with Crippen LogP contribution in [0.1, 0.15) is 38.1 Å². The fourth-order valence-corrected chi connectivity index (χ4v) is 3.61. The zero-order valence-electron chi connectivity index (χ0n) is 19.5. The number of ether oxygens (including phenoxy) is 3. The van der Waals surface area contributed by atoms with Crippen molar-refractivity contribution in [2.75, 3.05) is 7.11 Å². The molecule has 4 aromatic carbocycles. The van der Waals surface area contributed by atoms with E-state index >= 15 is 0 Å². The number of aromatic hydroxyl groups is 1. The molecule has 0 atom stereocenters. The Bertz CT molecular complexity index is 1260. The lowest BCUT2D eigenvalue weighted by atomic mass is 9.92. The van der Waals surface area contributed by atoms with Gasteiger partial charge in [-0.1, -0.05) is 70.2 Å². The molecule has 170 valence electrons. The molecule has 1 heterocycles. The van der Waals surface area contributed by atoms with Gasteiger partial charge in [-0.2, -0.15) is 0 Å². The van der Waals surface area contributed by atoms with Crippen LogP contribution in [0.15, 0.2) is 72.8 Å². The third-order valence-corrected chi connectivity index (χ3v) is 4.94. The second kappa shape index (κ2) is 10.6. The number of phenolic OH excluding ortho intramolecular Hbond substituents is 1. The van der Waals surface area contributed by atoms with Crippen molar-refractivity contribution in [3.8, 4) is 39.9 Å². The summed E-state index contributed by atoms with van der Waals surface area (Å²) in [7, 11) is 1.32. The molecule has 0 saturated heterocycles. The smallest absolute Gasteiger partial charge is 0.338 e. The lowest BCUT2D eigenvalue weighted by Gasteiger charge is -2.22. The van der Waals surface area contributed by atoms with Gasteiger partial charge in [0.1, 0.15) is 5.75 Å². The van der Waals surface area contributed by atoms with Gasteiger partial charge in [-0.15, -0.1) is 0 Å². The highest BCUT2D eigenvalue weighted by Crippen LogP contribution is 2.49. The molecule has 5 nitrogen and oxygen atoms in total. The molecule has 0 radical (unpaired) electrons. The number of fused-ring (bicyclic) bond motifs is 3. The quantitative estimate of drug-likeness (QED) is 0.280. The second-order valence-electron chi connectivity index (χ2n) is 6.67. The summed E-state index contributed by atoms with van der Waals surface area (Å²) in [4.78, 5) is 12.5. The van der Waals surface area contributed by atoms with Crippen LogP contribution in [0.25, 0.3) is 21.9 Å². The van der Waals surface area contributed by atoms with Gasteiger partial charge in [-0.05, 0) is 41.3 Å². The number of methoxy groups -OCH3 is 1. The van der Waals surface area contributed by atoms with E-state index in [-0.39, 0.29) is 11.3 Å². The number of hydrogen-bond donors (Lipinski definition) is 1.